The maximum absolute atomic E-state index is 11.7. The molecule has 3 aromatic rings. The van der Waals surface area contributed by atoms with E-state index in [9.17, 15) is 4.79 Å². The number of ether oxygens (including phenoxy) is 2. The molecule has 0 N–H and O–H groups in total. The summed E-state index contributed by atoms with van der Waals surface area (Å²) < 4.78 is 16.7. The van der Waals surface area contributed by atoms with Crippen LogP contribution in [0.1, 0.15) is 54.4 Å². The predicted molar refractivity (Wildman–Crippen MR) is 148 cm³/mol. The van der Waals surface area contributed by atoms with E-state index in [1.807, 2.05) is 18.2 Å². The Morgan fingerprint density at radius 1 is 1.08 bits per heavy atom. The molecule has 0 saturated heterocycles. The van der Waals surface area contributed by atoms with E-state index in [0.29, 0.717) is 68.5 Å². The largest absolute Gasteiger partial charge is 0.489 e. The first-order chi connectivity index (χ1) is 18.4. The molecule has 6 rings (SSSR count). The van der Waals surface area contributed by atoms with Gasteiger partial charge < -0.3 is 14.0 Å². The summed E-state index contributed by atoms with van der Waals surface area (Å²) in [5.74, 6) is 2.21. The minimum atomic E-state index is -0.358. The fraction of sp³-hybridized carbons (Fsp3) is 0.345. The van der Waals surface area contributed by atoms with Crippen molar-refractivity contribution in [3.05, 3.63) is 80.0 Å². The van der Waals surface area contributed by atoms with Crippen LogP contribution < -0.4 is 4.74 Å². The van der Waals surface area contributed by atoms with Gasteiger partial charge in [0.1, 0.15) is 29.5 Å². The third-order valence-corrected chi connectivity index (χ3v) is 8.38. The van der Waals surface area contributed by atoms with Crippen molar-refractivity contribution in [3.8, 4) is 17.0 Å². The lowest BCUT2D eigenvalue weighted by atomic mass is 10.0. The summed E-state index contributed by atoms with van der Waals surface area (Å²) in [5, 5.41) is 6.03. The molecule has 2 saturated carbocycles. The van der Waals surface area contributed by atoms with E-state index in [-0.39, 0.29) is 12.6 Å². The minimum absolute atomic E-state index is 0.265. The van der Waals surface area contributed by atoms with Crippen molar-refractivity contribution >= 4 is 46.5 Å². The average Bonchev–Trinajstić information content (AvgIpc) is 3.85. The number of aliphatic imine (C=N–C) groups is 1. The summed E-state index contributed by atoms with van der Waals surface area (Å²) in [6, 6.07) is 11.2. The standard InChI is InChI=1S/C29H25Cl3N2O4/c1-36-29(35)25-10-7-16(13-33-25)19-12-20(19)18-9-8-17(11-24(18)32)37-14-21-27(34-38-28(21)15-5-6-15)26-22(30)3-2-4-23(26)31/h2-4,7-9,11,15,19-20H,5-6,10,12-14H2,1H3. The van der Waals surface area contributed by atoms with E-state index >= 15 is 0 Å². The summed E-state index contributed by atoms with van der Waals surface area (Å²) in [5.41, 5.74) is 4.96. The number of methoxy groups -OCH3 is 1. The fourth-order valence-electron chi connectivity index (χ4n) is 5.13. The molecule has 2 aliphatic carbocycles. The molecule has 6 nitrogen and oxygen atoms in total. The number of aromatic nitrogens is 1. The number of dihydropyridines is 1. The van der Waals surface area contributed by atoms with Crippen LogP contribution in [0.5, 0.6) is 5.75 Å². The molecule has 2 heterocycles. The number of rotatable bonds is 8. The molecule has 0 radical (unpaired) electrons. The quantitative estimate of drug-likeness (QED) is 0.204. The molecule has 1 aliphatic heterocycles. The highest BCUT2D eigenvalue weighted by Crippen LogP contribution is 2.54. The molecule has 2 aromatic carbocycles. The Balaban J connectivity index is 1.16. The van der Waals surface area contributed by atoms with Crippen molar-refractivity contribution in [2.24, 2.45) is 10.9 Å². The smallest absolute Gasteiger partial charge is 0.352 e. The zero-order valence-corrected chi connectivity index (χ0v) is 22.9. The number of halogens is 3. The van der Waals surface area contributed by atoms with Crippen molar-refractivity contribution in [2.45, 2.75) is 44.1 Å². The zero-order chi connectivity index (χ0) is 26.4. The molecule has 196 valence electrons. The van der Waals surface area contributed by atoms with Gasteiger partial charge in [0, 0.05) is 22.9 Å². The normalized spacial score (nSPS) is 20.5. The molecule has 38 heavy (non-hydrogen) atoms. The molecule has 1 aromatic heterocycles. The van der Waals surface area contributed by atoms with Gasteiger partial charge in [-0.05, 0) is 66.5 Å². The van der Waals surface area contributed by atoms with Crippen LogP contribution in [0.2, 0.25) is 15.1 Å². The predicted octanol–water partition coefficient (Wildman–Crippen LogP) is 7.81. The van der Waals surface area contributed by atoms with Crippen LogP contribution in [0, 0.1) is 5.92 Å². The van der Waals surface area contributed by atoms with Gasteiger partial charge in [0.25, 0.3) is 0 Å². The number of esters is 1. The van der Waals surface area contributed by atoms with Crippen LogP contribution >= 0.6 is 34.8 Å². The maximum atomic E-state index is 11.7. The Labute approximate surface area is 235 Å². The molecule has 3 aliphatic rings. The van der Waals surface area contributed by atoms with E-state index in [4.69, 9.17) is 48.8 Å². The van der Waals surface area contributed by atoms with Crippen LogP contribution in [0.25, 0.3) is 11.3 Å². The lowest BCUT2D eigenvalue weighted by Crippen LogP contribution is -2.19. The zero-order valence-electron chi connectivity index (χ0n) is 20.7. The maximum Gasteiger partial charge on any atom is 0.352 e. The van der Waals surface area contributed by atoms with Crippen LogP contribution in [0.4, 0.5) is 0 Å². The van der Waals surface area contributed by atoms with Crippen molar-refractivity contribution < 1.29 is 18.8 Å². The van der Waals surface area contributed by atoms with Gasteiger partial charge in [0.05, 0.1) is 29.3 Å². The fourth-order valence-corrected chi connectivity index (χ4v) is 6.02. The molecule has 0 amide bonds. The monoisotopic (exact) mass is 570 g/mol. The minimum Gasteiger partial charge on any atom is -0.489 e. The van der Waals surface area contributed by atoms with Gasteiger partial charge >= 0.3 is 5.97 Å². The van der Waals surface area contributed by atoms with Crippen LogP contribution in [0.3, 0.4) is 0 Å². The van der Waals surface area contributed by atoms with Crippen molar-refractivity contribution in [2.75, 3.05) is 13.7 Å². The third kappa shape index (κ3) is 4.97. The summed E-state index contributed by atoms with van der Waals surface area (Å²) >= 11 is 19.7. The Morgan fingerprint density at radius 2 is 1.87 bits per heavy atom. The molecule has 2 atom stereocenters. The van der Waals surface area contributed by atoms with Gasteiger partial charge in [-0.15, -0.1) is 0 Å². The van der Waals surface area contributed by atoms with Crippen molar-refractivity contribution in [3.63, 3.8) is 0 Å². The molecular weight excluding hydrogens is 547 g/mol. The lowest BCUT2D eigenvalue weighted by Gasteiger charge is -2.13. The Kier molecular flexibility index (Phi) is 6.97. The summed E-state index contributed by atoms with van der Waals surface area (Å²) in [7, 11) is 1.38. The van der Waals surface area contributed by atoms with Gasteiger partial charge in [-0.1, -0.05) is 58.2 Å². The lowest BCUT2D eigenvalue weighted by molar-refractivity contribution is -0.132. The van der Waals surface area contributed by atoms with E-state index in [1.165, 1.54) is 12.7 Å². The average molecular weight is 572 g/mol. The molecule has 0 spiro atoms. The first-order valence-electron chi connectivity index (χ1n) is 12.6. The van der Waals surface area contributed by atoms with Crippen molar-refractivity contribution in [1.29, 1.82) is 0 Å². The van der Waals surface area contributed by atoms with Crippen molar-refractivity contribution in [1.82, 2.24) is 5.16 Å². The summed E-state index contributed by atoms with van der Waals surface area (Å²) in [6.45, 7) is 0.797. The molecule has 9 heteroatoms. The van der Waals surface area contributed by atoms with E-state index in [0.717, 1.165) is 36.1 Å². The number of benzene rings is 2. The van der Waals surface area contributed by atoms with Gasteiger partial charge in [-0.3, -0.25) is 4.99 Å². The highest BCUT2D eigenvalue weighted by Gasteiger charge is 2.42. The van der Waals surface area contributed by atoms with Crippen LogP contribution in [-0.4, -0.2) is 30.5 Å². The first kappa shape index (κ1) is 25.5. The van der Waals surface area contributed by atoms with E-state index < -0.39 is 0 Å². The second-order valence-electron chi connectivity index (χ2n) is 9.90. The number of carbonyl (C=O) groups is 1. The Hall–Kier alpha value is -2.80. The van der Waals surface area contributed by atoms with E-state index in [2.05, 4.69) is 16.2 Å². The second kappa shape index (κ2) is 10.4. The number of hydrogen-bond donors (Lipinski definition) is 0. The van der Waals surface area contributed by atoms with Gasteiger partial charge in [0.15, 0.2) is 0 Å². The second-order valence-corrected chi connectivity index (χ2v) is 11.1. The topological polar surface area (TPSA) is 73.9 Å². The van der Waals surface area contributed by atoms with Gasteiger partial charge in [-0.2, -0.15) is 0 Å². The number of carbonyl (C=O) groups excluding carboxylic acids is 1. The molecule has 0 bridgehead atoms. The summed E-state index contributed by atoms with van der Waals surface area (Å²) in [4.78, 5) is 16.1. The summed E-state index contributed by atoms with van der Waals surface area (Å²) in [6.07, 6.45) is 5.76. The SMILES string of the molecule is COC(=O)C1=NCC(C2CC2c2ccc(OCc3c(-c4c(Cl)cccc4Cl)noc3C3CC3)cc2Cl)=CC1. The first-order valence-corrected chi connectivity index (χ1v) is 13.7. The number of hydrogen-bond acceptors (Lipinski definition) is 6. The number of allylic oxidation sites excluding steroid dienone is 1. The van der Waals surface area contributed by atoms with E-state index in [1.54, 1.807) is 18.2 Å². The molecule has 2 unspecified atom stereocenters. The molecular formula is C29H25Cl3N2O4. The highest BCUT2D eigenvalue weighted by atomic mass is 35.5. The van der Waals surface area contributed by atoms with Gasteiger partial charge in [-0.25, -0.2) is 4.79 Å². The molecule has 2 fully saturated rings. The Bertz CT molecular complexity index is 1450. The third-order valence-electron chi connectivity index (χ3n) is 7.42. The van der Waals surface area contributed by atoms with Crippen LogP contribution in [0.15, 0.2) is 57.6 Å². The number of nitrogens with zero attached hydrogens (tertiary/aromatic N) is 2. The Morgan fingerprint density at radius 3 is 2.53 bits per heavy atom. The highest BCUT2D eigenvalue weighted by molar-refractivity contribution is 6.39. The van der Waals surface area contributed by atoms with Crippen LogP contribution in [-0.2, 0) is 16.1 Å². The van der Waals surface area contributed by atoms with Gasteiger partial charge in [0.2, 0.25) is 0 Å².